The summed E-state index contributed by atoms with van der Waals surface area (Å²) in [5.41, 5.74) is 2.46. The maximum Gasteiger partial charge on any atom is 0.242 e. The molecular weight excluding hydrogens is 382 g/mol. The Balaban J connectivity index is 1.63. The molecular formula is C23H33N3O2S. The van der Waals surface area contributed by atoms with Gasteiger partial charge in [-0.3, -0.25) is 4.90 Å². The van der Waals surface area contributed by atoms with Gasteiger partial charge < -0.3 is 5.32 Å². The van der Waals surface area contributed by atoms with Crippen molar-refractivity contribution in [3.8, 4) is 0 Å². The van der Waals surface area contributed by atoms with Gasteiger partial charge in [0.25, 0.3) is 0 Å². The number of rotatable bonds is 7. The zero-order valence-corrected chi connectivity index (χ0v) is 18.7. The van der Waals surface area contributed by atoms with Crippen molar-refractivity contribution in [3.63, 3.8) is 0 Å². The van der Waals surface area contributed by atoms with Crippen LogP contribution in [0.25, 0.3) is 0 Å². The first-order valence-corrected chi connectivity index (χ1v) is 11.8. The highest BCUT2D eigenvalue weighted by Gasteiger charge is 2.27. The summed E-state index contributed by atoms with van der Waals surface area (Å²) >= 11 is 0. The lowest BCUT2D eigenvalue weighted by Crippen LogP contribution is -2.50. The number of hydrogen-bond acceptors (Lipinski definition) is 4. The van der Waals surface area contributed by atoms with Gasteiger partial charge in [0, 0.05) is 39.3 Å². The average molecular weight is 416 g/mol. The highest BCUT2D eigenvalue weighted by molar-refractivity contribution is 7.89. The summed E-state index contributed by atoms with van der Waals surface area (Å²) in [7, 11) is -0.277. The summed E-state index contributed by atoms with van der Waals surface area (Å²) < 4.78 is 25.8. The molecule has 2 aromatic rings. The van der Waals surface area contributed by atoms with Crippen molar-refractivity contribution in [2.75, 3.05) is 27.2 Å². The van der Waals surface area contributed by atoms with E-state index < -0.39 is 10.0 Å². The normalized spacial score (nSPS) is 22.0. The van der Waals surface area contributed by atoms with Crippen LogP contribution in [0.4, 0.5) is 0 Å². The highest BCUT2D eigenvalue weighted by Crippen LogP contribution is 2.23. The molecule has 6 heteroatoms. The molecule has 0 spiro atoms. The van der Waals surface area contributed by atoms with Crippen LogP contribution in [0.5, 0.6) is 0 Å². The van der Waals surface area contributed by atoms with E-state index in [1.807, 2.05) is 12.1 Å². The molecule has 0 aromatic heterocycles. The van der Waals surface area contributed by atoms with Crippen LogP contribution < -0.4 is 5.32 Å². The Bertz CT molecular complexity index is 882. The number of likely N-dealkylation sites (tertiary alicyclic amines) is 1. The van der Waals surface area contributed by atoms with Crippen LogP contribution >= 0.6 is 0 Å². The van der Waals surface area contributed by atoms with Gasteiger partial charge in [0.2, 0.25) is 10.0 Å². The molecule has 0 unspecified atom stereocenters. The Labute approximate surface area is 175 Å². The molecule has 5 nitrogen and oxygen atoms in total. The predicted octanol–water partition coefficient (Wildman–Crippen LogP) is 3.50. The third kappa shape index (κ3) is 5.45. The van der Waals surface area contributed by atoms with Gasteiger partial charge in [-0.25, -0.2) is 12.7 Å². The SMILES string of the molecule is C[C@H](N[C@H]1CN(Cc2ccccc2)CC[C@H]1C)c1ccc(S(=O)(=O)N(C)C)cc1. The maximum atomic E-state index is 12.3. The summed E-state index contributed by atoms with van der Waals surface area (Å²) in [4.78, 5) is 2.85. The van der Waals surface area contributed by atoms with Crippen molar-refractivity contribution in [1.29, 1.82) is 0 Å². The minimum Gasteiger partial charge on any atom is -0.306 e. The first kappa shape index (κ1) is 22.0. The van der Waals surface area contributed by atoms with Crippen LogP contribution in [-0.4, -0.2) is 50.8 Å². The molecule has 158 valence electrons. The molecule has 1 aliphatic rings. The van der Waals surface area contributed by atoms with E-state index in [-0.39, 0.29) is 6.04 Å². The van der Waals surface area contributed by atoms with Crippen LogP contribution in [0.15, 0.2) is 59.5 Å². The van der Waals surface area contributed by atoms with Gasteiger partial charge in [0.05, 0.1) is 4.90 Å². The number of sulfonamides is 1. The molecule has 29 heavy (non-hydrogen) atoms. The molecule has 1 saturated heterocycles. The zero-order valence-electron chi connectivity index (χ0n) is 17.9. The fraction of sp³-hybridized carbons (Fsp3) is 0.478. The van der Waals surface area contributed by atoms with Crippen molar-refractivity contribution in [2.24, 2.45) is 5.92 Å². The third-order valence-corrected chi connectivity index (χ3v) is 7.74. The van der Waals surface area contributed by atoms with Crippen molar-refractivity contribution in [1.82, 2.24) is 14.5 Å². The fourth-order valence-corrected chi connectivity index (χ4v) is 4.80. The average Bonchev–Trinajstić information content (AvgIpc) is 2.71. The third-order valence-electron chi connectivity index (χ3n) is 5.91. The summed E-state index contributed by atoms with van der Waals surface area (Å²) in [6.45, 7) is 7.60. The Morgan fingerprint density at radius 3 is 2.38 bits per heavy atom. The molecule has 3 atom stereocenters. The first-order chi connectivity index (χ1) is 13.8. The van der Waals surface area contributed by atoms with Crippen LogP contribution in [-0.2, 0) is 16.6 Å². The lowest BCUT2D eigenvalue weighted by atomic mass is 9.92. The molecule has 0 amide bonds. The maximum absolute atomic E-state index is 12.3. The van der Waals surface area contributed by atoms with Gasteiger partial charge in [-0.2, -0.15) is 0 Å². The second-order valence-corrected chi connectivity index (χ2v) is 10.5. The Morgan fingerprint density at radius 2 is 1.76 bits per heavy atom. The Morgan fingerprint density at radius 1 is 1.10 bits per heavy atom. The number of hydrogen-bond donors (Lipinski definition) is 1. The molecule has 1 aliphatic heterocycles. The van der Waals surface area contributed by atoms with E-state index in [4.69, 9.17) is 0 Å². The van der Waals surface area contributed by atoms with Crippen LogP contribution in [0, 0.1) is 5.92 Å². The van der Waals surface area contributed by atoms with Crippen LogP contribution in [0.1, 0.15) is 37.4 Å². The van der Waals surface area contributed by atoms with E-state index in [0.717, 1.165) is 25.2 Å². The molecule has 2 aromatic carbocycles. The summed E-state index contributed by atoms with van der Waals surface area (Å²) in [5.74, 6) is 0.609. The van der Waals surface area contributed by atoms with Gasteiger partial charge in [0.1, 0.15) is 0 Å². The largest absolute Gasteiger partial charge is 0.306 e. The minimum absolute atomic E-state index is 0.162. The van der Waals surface area contributed by atoms with Crippen molar-refractivity contribution in [3.05, 3.63) is 65.7 Å². The smallest absolute Gasteiger partial charge is 0.242 e. The number of benzene rings is 2. The summed E-state index contributed by atoms with van der Waals surface area (Å²) in [6.07, 6.45) is 1.18. The number of piperidine rings is 1. The number of nitrogens with one attached hydrogen (secondary N) is 1. The van der Waals surface area contributed by atoms with Gasteiger partial charge in [-0.05, 0) is 49.1 Å². The molecule has 0 radical (unpaired) electrons. The zero-order chi connectivity index (χ0) is 21.0. The summed E-state index contributed by atoms with van der Waals surface area (Å²) in [5, 5.41) is 3.78. The summed E-state index contributed by atoms with van der Waals surface area (Å²) in [6, 6.07) is 18.4. The van der Waals surface area contributed by atoms with E-state index in [1.165, 1.54) is 16.3 Å². The van der Waals surface area contributed by atoms with Crippen LogP contribution in [0.2, 0.25) is 0 Å². The van der Waals surface area contributed by atoms with Gasteiger partial charge >= 0.3 is 0 Å². The van der Waals surface area contributed by atoms with E-state index in [2.05, 4.69) is 54.4 Å². The first-order valence-electron chi connectivity index (χ1n) is 10.3. The van der Waals surface area contributed by atoms with E-state index in [0.29, 0.717) is 16.9 Å². The molecule has 3 rings (SSSR count). The Kier molecular flexibility index (Phi) is 7.11. The molecule has 0 bridgehead atoms. The van der Waals surface area contributed by atoms with Crippen molar-refractivity contribution >= 4 is 10.0 Å². The van der Waals surface area contributed by atoms with E-state index in [1.54, 1.807) is 26.2 Å². The molecule has 1 fully saturated rings. The van der Waals surface area contributed by atoms with Crippen LogP contribution in [0.3, 0.4) is 0 Å². The second-order valence-electron chi connectivity index (χ2n) is 8.34. The monoisotopic (exact) mass is 415 g/mol. The van der Waals surface area contributed by atoms with Crippen molar-refractivity contribution < 1.29 is 8.42 Å². The Hall–Kier alpha value is -1.73. The van der Waals surface area contributed by atoms with E-state index >= 15 is 0 Å². The molecule has 0 saturated carbocycles. The lowest BCUT2D eigenvalue weighted by Gasteiger charge is -2.39. The predicted molar refractivity (Wildman–Crippen MR) is 118 cm³/mol. The highest BCUT2D eigenvalue weighted by atomic mass is 32.2. The van der Waals surface area contributed by atoms with Crippen molar-refractivity contribution in [2.45, 2.75) is 43.8 Å². The van der Waals surface area contributed by atoms with Gasteiger partial charge in [0.15, 0.2) is 0 Å². The fourth-order valence-electron chi connectivity index (χ4n) is 3.90. The lowest BCUT2D eigenvalue weighted by molar-refractivity contribution is 0.136. The second kappa shape index (κ2) is 9.39. The quantitative estimate of drug-likeness (QED) is 0.752. The van der Waals surface area contributed by atoms with Gasteiger partial charge in [-0.15, -0.1) is 0 Å². The number of nitrogens with zero attached hydrogens (tertiary/aromatic N) is 2. The molecule has 1 N–H and O–H groups in total. The topological polar surface area (TPSA) is 52.7 Å². The molecule has 1 heterocycles. The standard InChI is InChI=1S/C23H33N3O2S/c1-18-14-15-26(16-20-8-6-5-7-9-20)17-23(18)24-19(2)21-10-12-22(13-11-21)29(27,28)25(3)4/h5-13,18-19,23-24H,14-17H2,1-4H3/t18-,19+,23+/m1/s1. The minimum atomic E-state index is -3.39. The van der Waals surface area contributed by atoms with Gasteiger partial charge in [-0.1, -0.05) is 49.4 Å². The van der Waals surface area contributed by atoms with E-state index in [9.17, 15) is 8.42 Å². The molecule has 0 aliphatic carbocycles.